The number of nitrogens with one attached hydrogen (secondary N) is 2. The molecule has 1 aromatic heterocycles. The third-order valence-corrected chi connectivity index (χ3v) is 4.58. The van der Waals surface area contributed by atoms with Gasteiger partial charge < -0.3 is 15.4 Å². The van der Waals surface area contributed by atoms with Crippen molar-refractivity contribution in [3.63, 3.8) is 0 Å². The third-order valence-electron chi connectivity index (χ3n) is 4.58. The number of anilines is 2. The fourth-order valence-corrected chi connectivity index (χ4v) is 3.03. The van der Waals surface area contributed by atoms with Crippen molar-refractivity contribution in [2.45, 2.75) is 34.2 Å². The van der Waals surface area contributed by atoms with Crippen molar-refractivity contribution in [2.24, 2.45) is 0 Å². The lowest BCUT2D eigenvalue weighted by Gasteiger charge is -2.11. The van der Waals surface area contributed by atoms with Crippen LogP contribution in [0.5, 0.6) is 5.75 Å². The van der Waals surface area contributed by atoms with Gasteiger partial charge in [0.25, 0.3) is 5.91 Å². The third kappa shape index (κ3) is 4.83. The minimum absolute atomic E-state index is 0.0733. The van der Waals surface area contributed by atoms with E-state index in [0.29, 0.717) is 29.4 Å². The molecule has 0 atom stereocenters. The van der Waals surface area contributed by atoms with Crippen LogP contribution in [0.4, 0.5) is 11.4 Å². The maximum Gasteiger partial charge on any atom is 0.278 e. The van der Waals surface area contributed by atoms with E-state index in [0.717, 1.165) is 11.1 Å². The van der Waals surface area contributed by atoms with Crippen molar-refractivity contribution in [1.29, 1.82) is 0 Å². The van der Waals surface area contributed by atoms with Crippen LogP contribution in [0, 0.1) is 20.8 Å². The monoisotopic (exact) mass is 407 g/mol. The minimum Gasteiger partial charge on any atom is -0.492 e. The number of hydrogen-bond donors (Lipinski definition) is 2. The van der Waals surface area contributed by atoms with Crippen molar-refractivity contribution in [2.75, 3.05) is 17.2 Å². The van der Waals surface area contributed by atoms with E-state index >= 15 is 0 Å². The molecule has 2 aromatic carbocycles. The van der Waals surface area contributed by atoms with Gasteiger partial charge in [0.15, 0.2) is 5.69 Å². The van der Waals surface area contributed by atoms with Gasteiger partial charge in [-0.2, -0.15) is 0 Å². The van der Waals surface area contributed by atoms with Gasteiger partial charge in [0.05, 0.1) is 18.0 Å². The van der Waals surface area contributed by atoms with Crippen LogP contribution in [0.25, 0.3) is 0 Å². The predicted molar refractivity (Wildman–Crippen MR) is 115 cm³/mol. The first-order valence-corrected chi connectivity index (χ1v) is 9.69. The Balaban J connectivity index is 1.69. The highest BCUT2D eigenvalue weighted by Gasteiger charge is 2.19. The van der Waals surface area contributed by atoms with Gasteiger partial charge in [-0.3, -0.25) is 9.59 Å². The first-order chi connectivity index (χ1) is 14.4. The summed E-state index contributed by atoms with van der Waals surface area (Å²) < 4.78 is 6.92. The number of ether oxygens (including phenoxy) is 1. The summed E-state index contributed by atoms with van der Waals surface area (Å²) in [7, 11) is 0. The molecule has 1 heterocycles. The number of carbonyl (C=O) groups is 2. The second-order valence-electron chi connectivity index (χ2n) is 6.93. The molecule has 30 heavy (non-hydrogen) atoms. The van der Waals surface area contributed by atoms with E-state index in [1.807, 2.05) is 51.1 Å². The molecule has 3 rings (SSSR count). The standard InChI is InChI=1S/C22H25N5O3/c1-5-30-19-9-7-6-8-18(19)23-20(28)13-27-16(4)21(25-26-27)22(29)24-17-11-10-14(2)12-15(17)3/h6-12H,5,13H2,1-4H3,(H,23,28)(H,24,29). The summed E-state index contributed by atoms with van der Waals surface area (Å²) in [6, 6.07) is 13.0. The first kappa shape index (κ1) is 21.0. The molecule has 2 amide bonds. The highest BCUT2D eigenvalue weighted by atomic mass is 16.5. The zero-order valence-corrected chi connectivity index (χ0v) is 17.5. The van der Waals surface area contributed by atoms with Crippen LogP contribution < -0.4 is 15.4 Å². The zero-order valence-electron chi connectivity index (χ0n) is 17.5. The molecule has 0 saturated heterocycles. The maximum atomic E-state index is 12.6. The van der Waals surface area contributed by atoms with Gasteiger partial charge in [-0.1, -0.05) is 35.0 Å². The molecule has 0 bridgehead atoms. The lowest BCUT2D eigenvalue weighted by molar-refractivity contribution is -0.117. The minimum atomic E-state index is -0.368. The molecule has 0 saturated carbocycles. The Labute approximate surface area is 175 Å². The number of amides is 2. The highest BCUT2D eigenvalue weighted by Crippen LogP contribution is 2.23. The molecule has 0 aliphatic carbocycles. The number of rotatable bonds is 7. The van der Waals surface area contributed by atoms with Gasteiger partial charge in [-0.15, -0.1) is 5.10 Å². The SMILES string of the molecule is CCOc1ccccc1NC(=O)Cn1nnc(C(=O)Nc2ccc(C)cc2C)c1C. The predicted octanol–water partition coefficient (Wildman–Crippen LogP) is 3.49. The van der Waals surface area contributed by atoms with E-state index in [2.05, 4.69) is 20.9 Å². The van der Waals surface area contributed by atoms with Crippen molar-refractivity contribution >= 4 is 23.2 Å². The molecule has 0 radical (unpaired) electrons. The van der Waals surface area contributed by atoms with Gasteiger partial charge in [0.1, 0.15) is 12.3 Å². The van der Waals surface area contributed by atoms with Gasteiger partial charge in [-0.05, 0) is 51.5 Å². The van der Waals surface area contributed by atoms with Gasteiger partial charge >= 0.3 is 0 Å². The van der Waals surface area contributed by atoms with Crippen molar-refractivity contribution in [1.82, 2.24) is 15.0 Å². The molecule has 156 valence electrons. The average molecular weight is 407 g/mol. The highest BCUT2D eigenvalue weighted by molar-refractivity contribution is 6.04. The zero-order chi connectivity index (χ0) is 21.7. The number of hydrogen-bond acceptors (Lipinski definition) is 5. The molecule has 0 aliphatic rings. The van der Waals surface area contributed by atoms with Crippen LogP contribution in [-0.4, -0.2) is 33.4 Å². The number of aryl methyl sites for hydroxylation is 2. The second kappa shape index (κ2) is 9.21. The Morgan fingerprint density at radius 1 is 1.03 bits per heavy atom. The summed E-state index contributed by atoms with van der Waals surface area (Å²) in [5, 5.41) is 13.6. The molecule has 0 aliphatic heterocycles. The Kier molecular flexibility index (Phi) is 6.46. The summed E-state index contributed by atoms with van der Waals surface area (Å²) in [4.78, 5) is 25.1. The van der Waals surface area contributed by atoms with E-state index in [-0.39, 0.29) is 24.1 Å². The maximum absolute atomic E-state index is 12.6. The molecule has 8 nitrogen and oxygen atoms in total. The lowest BCUT2D eigenvalue weighted by Crippen LogP contribution is -2.21. The van der Waals surface area contributed by atoms with Crippen LogP contribution >= 0.6 is 0 Å². The van der Waals surface area contributed by atoms with E-state index in [1.165, 1.54) is 4.68 Å². The Morgan fingerprint density at radius 3 is 2.53 bits per heavy atom. The van der Waals surface area contributed by atoms with E-state index in [1.54, 1.807) is 19.1 Å². The number of nitrogens with zero attached hydrogens (tertiary/aromatic N) is 3. The summed E-state index contributed by atoms with van der Waals surface area (Å²) in [5.41, 5.74) is 4.05. The fraction of sp³-hybridized carbons (Fsp3) is 0.273. The fourth-order valence-electron chi connectivity index (χ4n) is 3.03. The molecule has 8 heteroatoms. The topological polar surface area (TPSA) is 98.1 Å². The second-order valence-corrected chi connectivity index (χ2v) is 6.93. The molecule has 3 aromatic rings. The lowest BCUT2D eigenvalue weighted by atomic mass is 10.1. The molecular weight excluding hydrogens is 382 g/mol. The summed E-state index contributed by atoms with van der Waals surface area (Å²) in [6.45, 7) is 7.92. The van der Waals surface area contributed by atoms with Crippen LogP contribution in [-0.2, 0) is 11.3 Å². The largest absolute Gasteiger partial charge is 0.492 e. The summed E-state index contributed by atoms with van der Waals surface area (Å²) >= 11 is 0. The van der Waals surface area contributed by atoms with Crippen LogP contribution in [0.15, 0.2) is 42.5 Å². The van der Waals surface area contributed by atoms with E-state index < -0.39 is 0 Å². The number of aromatic nitrogens is 3. The number of para-hydroxylation sites is 2. The Morgan fingerprint density at radius 2 is 1.80 bits per heavy atom. The smallest absolute Gasteiger partial charge is 0.278 e. The molecule has 0 unspecified atom stereocenters. The molecule has 2 N–H and O–H groups in total. The molecular formula is C22H25N5O3. The van der Waals surface area contributed by atoms with E-state index in [9.17, 15) is 9.59 Å². The van der Waals surface area contributed by atoms with Gasteiger partial charge in [-0.25, -0.2) is 4.68 Å². The molecule has 0 spiro atoms. The number of benzene rings is 2. The van der Waals surface area contributed by atoms with E-state index in [4.69, 9.17) is 4.74 Å². The normalized spacial score (nSPS) is 10.5. The Hall–Kier alpha value is -3.68. The van der Waals surface area contributed by atoms with Crippen LogP contribution in [0.2, 0.25) is 0 Å². The summed E-state index contributed by atoms with van der Waals surface area (Å²) in [5.74, 6) is -0.0681. The van der Waals surface area contributed by atoms with Crippen molar-refractivity contribution in [3.8, 4) is 5.75 Å². The van der Waals surface area contributed by atoms with Crippen LogP contribution in [0.1, 0.15) is 34.2 Å². The quantitative estimate of drug-likeness (QED) is 0.625. The van der Waals surface area contributed by atoms with Gasteiger partial charge in [0, 0.05) is 5.69 Å². The van der Waals surface area contributed by atoms with Gasteiger partial charge in [0.2, 0.25) is 5.91 Å². The first-order valence-electron chi connectivity index (χ1n) is 9.69. The molecule has 0 fully saturated rings. The number of carbonyl (C=O) groups excluding carboxylic acids is 2. The van der Waals surface area contributed by atoms with Crippen LogP contribution in [0.3, 0.4) is 0 Å². The van der Waals surface area contributed by atoms with Crippen molar-refractivity contribution < 1.29 is 14.3 Å². The van der Waals surface area contributed by atoms with Crippen molar-refractivity contribution in [3.05, 3.63) is 65.0 Å². The Bertz CT molecular complexity index is 1070. The summed E-state index contributed by atoms with van der Waals surface area (Å²) in [6.07, 6.45) is 0. The average Bonchev–Trinajstić information content (AvgIpc) is 3.06.